The van der Waals surface area contributed by atoms with Crippen molar-refractivity contribution in [3.63, 3.8) is 0 Å². The average molecular weight is 555 g/mol. The number of ether oxygens (including phenoxy) is 1. The molecule has 0 radical (unpaired) electrons. The summed E-state index contributed by atoms with van der Waals surface area (Å²) in [4.78, 5) is 0. The molecular formula is C30H26F8O. The molecule has 1 aliphatic rings. The van der Waals surface area contributed by atoms with Crippen LogP contribution >= 0.6 is 0 Å². The predicted molar refractivity (Wildman–Crippen MR) is 133 cm³/mol. The summed E-state index contributed by atoms with van der Waals surface area (Å²) in [6, 6.07) is 9.50. The molecule has 0 aromatic heterocycles. The van der Waals surface area contributed by atoms with E-state index in [1.807, 2.05) is 6.07 Å². The molecule has 0 atom stereocenters. The molecule has 0 bridgehead atoms. The van der Waals surface area contributed by atoms with Gasteiger partial charge in [-0.15, -0.1) is 0 Å². The van der Waals surface area contributed by atoms with Crippen molar-refractivity contribution in [1.29, 1.82) is 0 Å². The van der Waals surface area contributed by atoms with E-state index in [-0.39, 0.29) is 28.2 Å². The zero-order valence-corrected chi connectivity index (χ0v) is 21.0. The van der Waals surface area contributed by atoms with Crippen LogP contribution in [0.15, 0.2) is 60.7 Å². The van der Waals surface area contributed by atoms with Crippen LogP contribution in [0.25, 0.3) is 22.3 Å². The third-order valence-corrected chi connectivity index (χ3v) is 7.11. The van der Waals surface area contributed by atoms with Crippen molar-refractivity contribution in [1.82, 2.24) is 0 Å². The van der Waals surface area contributed by atoms with Crippen LogP contribution in [0.4, 0.5) is 35.1 Å². The van der Waals surface area contributed by atoms with Gasteiger partial charge in [-0.05, 0) is 78.5 Å². The summed E-state index contributed by atoms with van der Waals surface area (Å²) in [6.07, 6.45) is -1.83. The lowest BCUT2D eigenvalue weighted by Crippen LogP contribution is -2.23. The molecule has 0 saturated heterocycles. The van der Waals surface area contributed by atoms with Crippen LogP contribution in [-0.2, 0) is 0 Å². The van der Waals surface area contributed by atoms with Crippen molar-refractivity contribution in [2.24, 2.45) is 5.92 Å². The second kappa shape index (κ2) is 11.8. The van der Waals surface area contributed by atoms with Crippen molar-refractivity contribution >= 4 is 0 Å². The molecule has 3 aromatic carbocycles. The Kier molecular flexibility index (Phi) is 8.67. The Bertz CT molecular complexity index is 1330. The molecule has 1 fully saturated rings. The first kappa shape index (κ1) is 28.6. The van der Waals surface area contributed by atoms with Crippen LogP contribution in [0, 0.1) is 29.2 Å². The molecular weight excluding hydrogens is 528 g/mol. The van der Waals surface area contributed by atoms with Gasteiger partial charge in [-0.25, -0.2) is 17.6 Å². The third kappa shape index (κ3) is 6.81. The molecule has 1 saturated carbocycles. The van der Waals surface area contributed by atoms with Crippen LogP contribution in [0.3, 0.4) is 0 Å². The molecule has 0 aliphatic heterocycles. The van der Waals surface area contributed by atoms with Gasteiger partial charge in [0.15, 0.2) is 17.4 Å². The van der Waals surface area contributed by atoms with Crippen LogP contribution in [0.2, 0.25) is 0 Å². The zero-order valence-electron chi connectivity index (χ0n) is 21.0. The smallest absolute Gasteiger partial charge is 0.423 e. The van der Waals surface area contributed by atoms with Gasteiger partial charge in [-0.1, -0.05) is 44.0 Å². The summed E-state index contributed by atoms with van der Waals surface area (Å²) in [5.41, 5.74) is 0.608. The minimum atomic E-state index is -4.68. The summed E-state index contributed by atoms with van der Waals surface area (Å²) >= 11 is 0. The fourth-order valence-corrected chi connectivity index (χ4v) is 5.23. The van der Waals surface area contributed by atoms with Crippen molar-refractivity contribution in [3.05, 3.63) is 89.5 Å². The van der Waals surface area contributed by atoms with E-state index in [9.17, 15) is 30.7 Å². The topological polar surface area (TPSA) is 9.23 Å². The molecule has 0 amide bonds. The molecule has 0 unspecified atom stereocenters. The zero-order chi connectivity index (χ0) is 28.3. The van der Waals surface area contributed by atoms with Gasteiger partial charge in [0.2, 0.25) is 0 Å². The molecule has 1 aliphatic carbocycles. The number of halogens is 8. The largest absolute Gasteiger partial charge is 0.425 e. The van der Waals surface area contributed by atoms with Gasteiger partial charge >= 0.3 is 6.11 Å². The van der Waals surface area contributed by atoms with Crippen molar-refractivity contribution in [2.45, 2.75) is 57.5 Å². The third-order valence-electron chi connectivity index (χ3n) is 7.11. The van der Waals surface area contributed by atoms with Crippen LogP contribution in [0.1, 0.15) is 56.9 Å². The maximum absolute atomic E-state index is 15.1. The highest BCUT2D eigenvalue weighted by molar-refractivity contribution is 5.72. The summed E-state index contributed by atoms with van der Waals surface area (Å²) in [5.74, 6) is -5.37. The lowest BCUT2D eigenvalue weighted by Gasteiger charge is -2.28. The van der Waals surface area contributed by atoms with Gasteiger partial charge in [-0.2, -0.15) is 17.6 Å². The average Bonchev–Trinajstić information content (AvgIpc) is 2.86. The summed E-state index contributed by atoms with van der Waals surface area (Å²) in [5, 5.41) is 0. The van der Waals surface area contributed by atoms with E-state index in [1.54, 1.807) is 6.07 Å². The Balaban J connectivity index is 1.55. The standard InChI is InChI=1S/C30H26F8O/c1-2-3-17-4-6-18(7-5-17)19-8-10-22(24(31)12-19)20-9-11-23(25(32)13-20)21-14-26(33)29(27(34)15-21)39-30(37,38)16-28(35)36/h8-18H,2-7H2,1H3. The Hall–Kier alpha value is -3.36. The molecule has 3 aromatic rings. The van der Waals surface area contributed by atoms with Gasteiger partial charge in [0, 0.05) is 11.1 Å². The van der Waals surface area contributed by atoms with Crippen LogP contribution in [-0.4, -0.2) is 6.11 Å². The van der Waals surface area contributed by atoms with E-state index in [4.69, 9.17) is 0 Å². The lowest BCUT2D eigenvalue weighted by molar-refractivity contribution is -0.137. The molecule has 0 heterocycles. The van der Waals surface area contributed by atoms with Gasteiger partial charge in [0.1, 0.15) is 11.6 Å². The quantitative estimate of drug-likeness (QED) is 0.252. The lowest BCUT2D eigenvalue weighted by atomic mass is 9.77. The normalized spacial score (nSPS) is 17.7. The molecule has 39 heavy (non-hydrogen) atoms. The van der Waals surface area contributed by atoms with Gasteiger partial charge in [-0.3, -0.25) is 0 Å². The summed E-state index contributed by atoms with van der Waals surface area (Å²) in [6.45, 7) is 2.17. The van der Waals surface area contributed by atoms with E-state index in [2.05, 4.69) is 11.7 Å². The molecule has 208 valence electrons. The number of rotatable bonds is 8. The van der Waals surface area contributed by atoms with Crippen LogP contribution in [0.5, 0.6) is 5.75 Å². The predicted octanol–water partition coefficient (Wildman–Crippen LogP) is 10.4. The maximum Gasteiger partial charge on any atom is 0.425 e. The van der Waals surface area contributed by atoms with E-state index < -0.39 is 47.3 Å². The van der Waals surface area contributed by atoms with Crippen molar-refractivity contribution in [2.75, 3.05) is 0 Å². The van der Waals surface area contributed by atoms with Crippen molar-refractivity contribution < 1.29 is 39.9 Å². The highest BCUT2D eigenvalue weighted by Gasteiger charge is 2.33. The number of benzene rings is 3. The number of hydrogen-bond acceptors (Lipinski definition) is 1. The minimum absolute atomic E-state index is 0.153. The minimum Gasteiger partial charge on any atom is -0.423 e. The van der Waals surface area contributed by atoms with Gasteiger partial charge in [0.05, 0.1) is 6.08 Å². The first-order valence-electron chi connectivity index (χ1n) is 12.7. The second-order valence-corrected chi connectivity index (χ2v) is 9.81. The van der Waals surface area contributed by atoms with Crippen LogP contribution < -0.4 is 4.74 Å². The summed E-state index contributed by atoms with van der Waals surface area (Å²) < 4.78 is 114. The van der Waals surface area contributed by atoms with Gasteiger partial charge in [0.25, 0.3) is 6.08 Å². The van der Waals surface area contributed by atoms with Crippen molar-refractivity contribution in [3.8, 4) is 28.0 Å². The second-order valence-electron chi connectivity index (χ2n) is 9.81. The first-order chi connectivity index (χ1) is 18.5. The monoisotopic (exact) mass is 554 g/mol. The van der Waals surface area contributed by atoms with E-state index in [1.165, 1.54) is 24.6 Å². The van der Waals surface area contributed by atoms with E-state index >= 15 is 4.39 Å². The highest BCUT2D eigenvalue weighted by atomic mass is 19.3. The Labute approximate surface area is 221 Å². The Morgan fingerprint density at radius 1 is 0.795 bits per heavy atom. The Morgan fingerprint density at radius 3 is 1.92 bits per heavy atom. The van der Waals surface area contributed by atoms with Gasteiger partial charge < -0.3 is 4.74 Å². The number of hydrogen-bond donors (Lipinski definition) is 0. The summed E-state index contributed by atoms with van der Waals surface area (Å²) in [7, 11) is 0. The molecule has 0 spiro atoms. The maximum atomic E-state index is 15.1. The van der Waals surface area contributed by atoms with E-state index in [0.29, 0.717) is 18.1 Å². The number of alkyl halides is 2. The first-order valence-corrected chi connectivity index (χ1v) is 12.7. The fourth-order valence-electron chi connectivity index (χ4n) is 5.23. The molecule has 1 nitrogen and oxygen atoms in total. The fraction of sp³-hybridized carbons (Fsp3) is 0.333. The van der Waals surface area contributed by atoms with E-state index in [0.717, 1.165) is 43.7 Å². The highest BCUT2D eigenvalue weighted by Crippen LogP contribution is 2.39. The molecule has 4 rings (SSSR count). The SMILES string of the molecule is CCCC1CCC(c2ccc(-c3ccc(-c4cc(F)c(OC(F)(F)C=C(F)F)c(F)c4)c(F)c3)c(F)c2)CC1. The molecule has 9 heteroatoms. The Morgan fingerprint density at radius 2 is 1.36 bits per heavy atom. The molecule has 0 N–H and O–H groups in total.